The van der Waals surface area contributed by atoms with Crippen LogP contribution in [0.5, 0.6) is 0 Å². The molecule has 0 amide bonds. The fraction of sp³-hybridized carbons (Fsp3) is 0.900. The summed E-state index contributed by atoms with van der Waals surface area (Å²) in [4.78, 5) is 12.9. The Bertz CT molecular complexity index is 1170. The Morgan fingerprint density at radius 3 is 2.00 bits per heavy atom. The Labute approximate surface area is 253 Å². The van der Waals surface area contributed by atoms with Crippen LogP contribution < -0.4 is 0 Å². The molecule has 0 unspecified atom stereocenters. The van der Waals surface area contributed by atoms with Gasteiger partial charge in [0.15, 0.2) is 16.6 Å². The van der Waals surface area contributed by atoms with Gasteiger partial charge in [0.1, 0.15) is 5.78 Å². The number of carbonyl (C=O) groups is 1. The van der Waals surface area contributed by atoms with Crippen molar-refractivity contribution in [2.75, 3.05) is 0 Å². The van der Waals surface area contributed by atoms with Crippen LogP contribution >= 0.6 is 0 Å². The first-order chi connectivity index (χ1) is 20.7. The molecule has 0 aliphatic heterocycles. The molecule has 0 bridgehead atoms. The lowest BCUT2D eigenvalue weighted by Gasteiger charge is -2.48. The third-order valence-corrected chi connectivity index (χ3v) is 10.4. The molecule has 2 aliphatic carbocycles. The van der Waals surface area contributed by atoms with Crippen molar-refractivity contribution in [2.24, 2.45) is 22.7 Å². The molecule has 2 aliphatic rings. The Morgan fingerprint density at radius 1 is 0.951 bits per heavy atom. The summed E-state index contributed by atoms with van der Waals surface area (Å²) in [7, 11) is -6.25. The average Bonchev–Trinajstić information content (AvgIpc) is 3.17. The molecule has 3 nitrogen and oxygen atoms in total. The molecule has 4 atom stereocenters. The van der Waals surface area contributed by atoms with E-state index >= 15 is 0 Å². The number of halogens is 6. The van der Waals surface area contributed by atoms with E-state index in [1.165, 1.54) is 25.6 Å². The highest BCUT2D eigenvalue weighted by atomic mass is 28.4. The fourth-order valence-electron chi connectivity index (χ4n) is 7.05. The minimum Gasteiger partial charge on any atom is -0.413 e. The highest BCUT2D eigenvalue weighted by Crippen LogP contribution is 2.61. The molecule has 0 N–H and O–H groups in total. The topological polar surface area (TPSA) is 35.5 Å². The number of Topliss-reactive ketones (excluding diaryl/α,β-unsaturated/α-hetero) is 1. The van der Waals surface area contributed by atoms with E-state index in [9.17, 15) is 31.1 Å². The first kappa shape index (κ1) is 27.7. The van der Waals surface area contributed by atoms with Crippen molar-refractivity contribution in [3.8, 4) is 11.8 Å². The molecule has 0 aromatic rings. The Balaban J connectivity index is 2.68. The molecule has 0 aromatic carbocycles. The van der Waals surface area contributed by atoms with Crippen LogP contribution in [0.2, 0.25) is 39.3 Å². The van der Waals surface area contributed by atoms with E-state index in [-0.39, 0.29) is 30.5 Å². The van der Waals surface area contributed by atoms with E-state index in [4.69, 9.17) is 17.1 Å². The molecule has 0 spiro atoms. The molecule has 238 valence electrons. The van der Waals surface area contributed by atoms with Gasteiger partial charge in [-0.2, -0.15) is 26.3 Å². The van der Waals surface area contributed by atoms with Gasteiger partial charge in [-0.1, -0.05) is 26.2 Å². The summed E-state index contributed by atoms with van der Waals surface area (Å²) in [6, 6.07) is 0. The SMILES string of the molecule is [2H]C([2H])([2H])C(CCC[C@](C)(CC#CC(O[Si](C)(C)C)(C(F)(F)F)C(F)(F)F)[C@H]1CC[C@H]2C(=O)CCC[C@]12C)(O[Si](C)(C)C)C([2H])([2H])[2H]. The van der Waals surface area contributed by atoms with E-state index in [1.54, 1.807) is 26.6 Å². The smallest absolute Gasteiger partial charge is 0.413 e. The lowest BCUT2D eigenvalue weighted by Crippen LogP contribution is -2.61. The number of hydrogen-bond acceptors (Lipinski definition) is 3. The van der Waals surface area contributed by atoms with Crippen LogP contribution in [0.1, 0.15) is 93.6 Å². The number of fused-ring (bicyclic) bond motifs is 1. The molecule has 11 heteroatoms. The molecule has 2 rings (SSSR count). The molecule has 0 radical (unpaired) electrons. The molecule has 0 heterocycles. The lowest BCUT2D eigenvalue weighted by atomic mass is 9.56. The monoisotopic (exact) mass is 634 g/mol. The molecule has 41 heavy (non-hydrogen) atoms. The van der Waals surface area contributed by atoms with Gasteiger partial charge < -0.3 is 8.85 Å². The fourth-order valence-corrected chi connectivity index (χ4v) is 9.40. The maximum atomic E-state index is 14.3. The summed E-state index contributed by atoms with van der Waals surface area (Å²) in [6.45, 7) is 6.07. The minimum absolute atomic E-state index is 0.0335. The quantitative estimate of drug-likeness (QED) is 0.136. The van der Waals surface area contributed by atoms with Crippen LogP contribution in [0.3, 0.4) is 0 Å². The highest BCUT2D eigenvalue weighted by molar-refractivity contribution is 6.70. The van der Waals surface area contributed by atoms with Gasteiger partial charge in [-0.25, -0.2) is 0 Å². The van der Waals surface area contributed by atoms with Gasteiger partial charge in [-0.15, -0.1) is 0 Å². The van der Waals surface area contributed by atoms with Gasteiger partial charge in [0, 0.05) is 27.0 Å². The third-order valence-electron chi connectivity index (χ3n) is 8.48. The van der Waals surface area contributed by atoms with Gasteiger partial charge in [0.2, 0.25) is 0 Å². The van der Waals surface area contributed by atoms with Crippen molar-refractivity contribution in [1.29, 1.82) is 0 Å². The largest absolute Gasteiger partial charge is 0.437 e. The summed E-state index contributed by atoms with van der Waals surface area (Å²) >= 11 is 0. The van der Waals surface area contributed by atoms with Crippen molar-refractivity contribution < 1.29 is 48.2 Å². The number of carbonyl (C=O) groups excluding carboxylic acids is 1. The van der Waals surface area contributed by atoms with Gasteiger partial charge in [-0.05, 0) is 114 Å². The number of rotatable bonds is 10. The normalized spacial score (nSPS) is 29.1. The van der Waals surface area contributed by atoms with Crippen molar-refractivity contribution in [2.45, 2.75) is 148 Å². The minimum atomic E-state index is -5.90. The summed E-state index contributed by atoms with van der Waals surface area (Å²) in [5, 5.41) is 0. The van der Waals surface area contributed by atoms with Crippen molar-refractivity contribution in [3.63, 3.8) is 0 Å². The third kappa shape index (κ3) is 8.63. The van der Waals surface area contributed by atoms with Crippen LogP contribution in [0.25, 0.3) is 0 Å². The summed E-state index contributed by atoms with van der Waals surface area (Å²) < 4.78 is 146. The van der Waals surface area contributed by atoms with Crippen molar-refractivity contribution in [3.05, 3.63) is 0 Å². The maximum Gasteiger partial charge on any atom is 0.437 e. The van der Waals surface area contributed by atoms with Gasteiger partial charge in [0.25, 0.3) is 0 Å². The zero-order chi connectivity index (χ0) is 36.9. The van der Waals surface area contributed by atoms with Crippen molar-refractivity contribution in [1.82, 2.24) is 0 Å². The molecule has 2 fully saturated rings. The van der Waals surface area contributed by atoms with Crippen LogP contribution in [0.4, 0.5) is 26.3 Å². The predicted molar refractivity (Wildman–Crippen MR) is 155 cm³/mol. The molecule has 2 saturated carbocycles. The predicted octanol–water partition coefficient (Wildman–Crippen LogP) is 9.69. The summed E-state index contributed by atoms with van der Waals surface area (Å²) in [5.74, 6) is 3.08. The zero-order valence-electron chi connectivity index (χ0n) is 31.5. The maximum absolute atomic E-state index is 14.3. The molecular weight excluding hydrogens is 578 g/mol. The van der Waals surface area contributed by atoms with E-state index in [0.29, 0.717) is 32.1 Å². The van der Waals surface area contributed by atoms with E-state index in [1.807, 2.05) is 6.92 Å². The standard InChI is InChI=1S/C30H50F6O3Si2/c1-25(2,38-40(5,6)7)17-12-18-26(3,24-16-15-22-23(37)14-11-20-27(22,24)4)19-13-21-28(29(31,32)33,30(34,35)36)39-41(8,9)10/h22,24H,11-12,14-20H2,1-10H3/t22-,24+,26+,27-/m0/s1/i1D3,2D3. The summed E-state index contributed by atoms with van der Waals surface area (Å²) in [6.07, 6.45) is -10.2. The van der Waals surface area contributed by atoms with Crippen LogP contribution in [0.15, 0.2) is 0 Å². The number of alkyl halides is 6. The Morgan fingerprint density at radius 2 is 1.51 bits per heavy atom. The second-order valence-corrected chi connectivity index (χ2v) is 23.3. The van der Waals surface area contributed by atoms with Crippen molar-refractivity contribution >= 4 is 22.4 Å². The zero-order valence-corrected chi connectivity index (χ0v) is 27.5. The average molecular weight is 635 g/mol. The van der Waals surface area contributed by atoms with E-state index < -0.39 is 77.6 Å². The Hall–Kier alpha value is -0.836. The molecular formula is C30H50F6O3Si2. The van der Waals surface area contributed by atoms with Crippen LogP contribution in [-0.2, 0) is 13.6 Å². The second kappa shape index (κ2) is 11.9. The molecule has 0 saturated heterocycles. The summed E-state index contributed by atoms with van der Waals surface area (Å²) in [5.41, 5.74) is -8.96. The van der Waals surface area contributed by atoms with Gasteiger partial charge in [-0.3, -0.25) is 4.79 Å². The highest BCUT2D eigenvalue weighted by Gasteiger charge is 2.73. The van der Waals surface area contributed by atoms with E-state index in [0.717, 1.165) is 0 Å². The number of ketones is 1. The number of hydrogen-bond donors (Lipinski definition) is 0. The van der Waals surface area contributed by atoms with Gasteiger partial charge >= 0.3 is 18.0 Å². The van der Waals surface area contributed by atoms with E-state index in [2.05, 4.69) is 5.92 Å². The first-order valence-corrected chi connectivity index (χ1v) is 21.1. The van der Waals surface area contributed by atoms with Crippen LogP contribution in [0, 0.1) is 34.5 Å². The van der Waals surface area contributed by atoms with Crippen LogP contribution in [-0.4, -0.2) is 46.0 Å². The molecule has 0 aromatic heterocycles. The lowest BCUT2D eigenvalue weighted by molar-refractivity contribution is -0.336. The van der Waals surface area contributed by atoms with Gasteiger partial charge in [0.05, 0.1) is 5.60 Å². The first-order valence-electron chi connectivity index (χ1n) is 17.2. The second-order valence-electron chi connectivity index (χ2n) is 14.4. The Kier molecular flexibility index (Phi) is 8.05.